The van der Waals surface area contributed by atoms with E-state index in [2.05, 4.69) is 15.5 Å². The maximum atomic E-state index is 12.4. The van der Waals surface area contributed by atoms with E-state index in [4.69, 9.17) is 4.52 Å². The molecule has 0 spiro atoms. The summed E-state index contributed by atoms with van der Waals surface area (Å²) in [4.78, 5) is 16.9. The van der Waals surface area contributed by atoms with Gasteiger partial charge in [-0.2, -0.15) is 4.98 Å². The quantitative estimate of drug-likeness (QED) is 0.849. The molecule has 0 aliphatic carbocycles. The standard InChI is InChI=1S/C18H25N3O3/c1-5-8-12(22)11-19-15(23)13-9-6-7-10-14(13)16-20-17(21-24-16)18(2,3)4/h6-7,9-10,12,22H,5,8,11H2,1-4H3,(H,19,23). The molecule has 1 aromatic heterocycles. The van der Waals surface area contributed by atoms with Crippen molar-refractivity contribution in [3.63, 3.8) is 0 Å². The molecule has 1 atom stereocenters. The Labute approximate surface area is 142 Å². The fraction of sp³-hybridized carbons (Fsp3) is 0.500. The van der Waals surface area contributed by atoms with Crippen LogP contribution in [0, 0.1) is 0 Å². The van der Waals surface area contributed by atoms with Crippen molar-refractivity contribution in [1.29, 1.82) is 0 Å². The molecule has 24 heavy (non-hydrogen) atoms. The summed E-state index contributed by atoms with van der Waals surface area (Å²) in [6.45, 7) is 8.20. The molecule has 0 fully saturated rings. The Morgan fingerprint density at radius 3 is 2.67 bits per heavy atom. The number of aliphatic hydroxyl groups excluding tert-OH is 1. The minimum atomic E-state index is -0.540. The summed E-state index contributed by atoms with van der Waals surface area (Å²) in [5, 5.41) is 16.5. The normalized spacial score (nSPS) is 12.9. The predicted molar refractivity (Wildman–Crippen MR) is 91.7 cm³/mol. The summed E-state index contributed by atoms with van der Waals surface area (Å²) in [5.74, 6) is 0.641. The minimum Gasteiger partial charge on any atom is -0.391 e. The average molecular weight is 331 g/mol. The number of aliphatic hydroxyl groups is 1. The van der Waals surface area contributed by atoms with Gasteiger partial charge in [-0.3, -0.25) is 4.79 Å². The van der Waals surface area contributed by atoms with Gasteiger partial charge in [0.05, 0.1) is 17.2 Å². The highest BCUT2D eigenvalue weighted by Gasteiger charge is 2.23. The maximum Gasteiger partial charge on any atom is 0.258 e. The van der Waals surface area contributed by atoms with E-state index in [1.54, 1.807) is 18.2 Å². The molecule has 1 unspecified atom stereocenters. The van der Waals surface area contributed by atoms with Gasteiger partial charge in [-0.1, -0.05) is 51.4 Å². The van der Waals surface area contributed by atoms with Gasteiger partial charge in [0.25, 0.3) is 11.8 Å². The van der Waals surface area contributed by atoms with E-state index in [-0.39, 0.29) is 17.9 Å². The van der Waals surface area contributed by atoms with Gasteiger partial charge in [0.15, 0.2) is 5.82 Å². The first-order valence-corrected chi connectivity index (χ1v) is 8.22. The molecule has 0 saturated heterocycles. The van der Waals surface area contributed by atoms with Crippen molar-refractivity contribution in [2.75, 3.05) is 6.54 Å². The summed E-state index contributed by atoms with van der Waals surface area (Å²) in [6, 6.07) is 7.08. The lowest BCUT2D eigenvalue weighted by Gasteiger charge is -2.12. The average Bonchev–Trinajstić information content (AvgIpc) is 3.03. The number of aromatic nitrogens is 2. The van der Waals surface area contributed by atoms with Gasteiger partial charge in [-0.05, 0) is 18.6 Å². The first kappa shape index (κ1) is 18.1. The van der Waals surface area contributed by atoms with E-state index in [1.165, 1.54) is 0 Å². The van der Waals surface area contributed by atoms with E-state index < -0.39 is 6.10 Å². The molecule has 1 heterocycles. The molecule has 130 valence electrons. The number of benzene rings is 1. The summed E-state index contributed by atoms with van der Waals surface area (Å²) < 4.78 is 5.34. The Bertz CT molecular complexity index is 689. The lowest BCUT2D eigenvalue weighted by atomic mass is 9.96. The van der Waals surface area contributed by atoms with Crippen LogP contribution in [0.15, 0.2) is 28.8 Å². The molecule has 0 bridgehead atoms. The fourth-order valence-electron chi connectivity index (χ4n) is 2.25. The molecule has 2 N–H and O–H groups in total. The van der Waals surface area contributed by atoms with Crippen molar-refractivity contribution in [3.8, 4) is 11.5 Å². The highest BCUT2D eigenvalue weighted by molar-refractivity contribution is 5.99. The third kappa shape index (κ3) is 4.41. The zero-order chi connectivity index (χ0) is 17.7. The molecule has 2 aromatic rings. The number of hydrogen-bond acceptors (Lipinski definition) is 5. The first-order valence-electron chi connectivity index (χ1n) is 8.22. The van der Waals surface area contributed by atoms with Gasteiger partial charge in [-0.25, -0.2) is 0 Å². The van der Waals surface area contributed by atoms with Crippen molar-refractivity contribution in [2.24, 2.45) is 0 Å². The van der Waals surface area contributed by atoms with E-state index in [0.717, 1.165) is 6.42 Å². The Morgan fingerprint density at radius 1 is 1.33 bits per heavy atom. The van der Waals surface area contributed by atoms with Gasteiger partial charge < -0.3 is 14.9 Å². The van der Waals surface area contributed by atoms with Crippen molar-refractivity contribution in [3.05, 3.63) is 35.7 Å². The fourth-order valence-corrected chi connectivity index (χ4v) is 2.25. The maximum absolute atomic E-state index is 12.4. The van der Waals surface area contributed by atoms with Crippen LogP contribution < -0.4 is 5.32 Å². The summed E-state index contributed by atoms with van der Waals surface area (Å²) in [5.41, 5.74) is 0.803. The van der Waals surface area contributed by atoms with E-state index in [1.807, 2.05) is 33.8 Å². The van der Waals surface area contributed by atoms with Crippen molar-refractivity contribution < 1.29 is 14.4 Å². The van der Waals surface area contributed by atoms with Crippen LogP contribution >= 0.6 is 0 Å². The first-order chi connectivity index (χ1) is 11.3. The van der Waals surface area contributed by atoms with Gasteiger partial charge >= 0.3 is 0 Å². The highest BCUT2D eigenvalue weighted by Crippen LogP contribution is 2.26. The number of carbonyl (C=O) groups excluding carboxylic acids is 1. The monoisotopic (exact) mass is 331 g/mol. The van der Waals surface area contributed by atoms with Crippen molar-refractivity contribution in [2.45, 2.75) is 52.1 Å². The predicted octanol–water partition coefficient (Wildman–Crippen LogP) is 2.92. The van der Waals surface area contributed by atoms with Crippen LogP contribution in [0.3, 0.4) is 0 Å². The van der Waals surface area contributed by atoms with Crippen molar-refractivity contribution >= 4 is 5.91 Å². The highest BCUT2D eigenvalue weighted by atomic mass is 16.5. The van der Waals surface area contributed by atoms with Gasteiger partial charge in [0.1, 0.15) is 0 Å². The molecular weight excluding hydrogens is 306 g/mol. The molecule has 0 radical (unpaired) electrons. The lowest BCUT2D eigenvalue weighted by Crippen LogP contribution is -2.32. The minimum absolute atomic E-state index is 0.220. The van der Waals surface area contributed by atoms with E-state index in [9.17, 15) is 9.90 Å². The van der Waals surface area contributed by atoms with Crippen LogP contribution in [0.5, 0.6) is 0 Å². The molecular formula is C18H25N3O3. The third-order valence-corrected chi connectivity index (χ3v) is 3.62. The zero-order valence-electron chi connectivity index (χ0n) is 14.7. The Hall–Kier alpha value is -2.21. The van der Waals surface area contributed by atoms with Gasteiger partial charge in [0.2, 0.25) is 0 Å². The number of hydrogen-bond donors (Lipinski definition) is 2. The SMILES string of the molecule is CCCC(O)CNC(=O)c1ccccc1-c1nc(C(C)(C)C)no1. The molecule has 1 aromatic carbocycles. The topological polar surface area (TPSA) is 88.2 Å². The number of rotatable bonds is 6. The van der Waals surface area contributed by atoms with Crippen LogP contribution in [0.1, 0.15) is 56.7 Å². The molecule has 6 heteroatoms. The zero-order valence-corrected chi connectivity index (χ0v) is 14.7. The van der Waals surface area contributed by atoms with E-state index in [0.29, 0.717) is 29.3 Å². The second-order valence-electron chi connectivity index (χ2n) is 6.87. The largest absolute Gasteiger partial charge is 0.391 e. The van der Waals surface area contributed by atoms with Crippen LogP contribution in [0.2, 0.25) is 0 Å². The molecule has 0 aliphatic rings. The molecule has 0 aliphatic heterocycles. The second-order valence-corrected chi connectivity index (χ2v) is 6.87. The molecule has 1 amide bonds. The summed E-state index contributed by atoms with van der Waals surface area (Å²) in [7, 11) is 0. The van der Waals surface area contributed by atoms with Gasteiger partial charge in [0, 0.05) is 12.0 Å². The van der Waals surface area contributed by atoms with E-state index >= 15 is 0 Å². The molecule has 6 nitrogen and oxygen atoms in total. The smallest absolute Gasteiger partial charge is 0.258 e. The van der Waals surface area contributed by atoms with Gasteiger partial charge in [-0.15, -0.1) is 0 Å². The summed E-state index contributed by atoms with van der Waals surface area (Å²) >= 11 is 0. The van der Waals surface area contributed by atoms with Crippen LogP contribution in [-0.2, 0) is 5.41 Å². The Balaban J connectivity index is 2.21. The van der Waals surface area contributed by atoms with Crippen LogP contribution in [0.4, 0.5) is 0 Å². The number of nitrogens with one attached hydrogen (secondary N) is 1. The third-order valence-electron chi connectivity index (χ3n) is 3.62. The van der Waals surface area contributed by atoms with Crippen LogP contribution in [0.25, 0.3) is 11.5 Å². The van der Waals surface area contributed by atoms with Crippen molar-refractivity contribution in [1.82, 2.24) is 15.5 Å². The number of carbonyl (C=O) groups is 1. The lowest BCUT2D eigenvalue weighted by molar-refractivity contribution is 0.0910. The Morgan fingerprint density at radius 2 is 2.04 bits per heavy atom. The number of nitrogens with zero attached hydrogens (tertiary/aromatic N) is 2. The molecule has 2 rings (SSSR count). The number of amides is 1. The molecule has 0 saturated carbocycles. The van der Waals surface area contributed by atoms with Crippen LogP contribution in [-0.4, -0.2) is 33.8 Å². The second kappa shape index (κ2) is 7.57. The Kier molecular flexibility index (Phi) is 5.72. The summed E-state index contributed by atoms with van der Waals surface area (Å²) in [6.07, 6.45) is 0.980.